The van der Waals surface area contributed by atoms with Crippen LogP contribution in [0.1, 0.15) is 71.4 Å². The minimum absolute atomic E-state index is 0.00148. The minimum atomic E-state index is -1.57. The smallest absolute Gasteiger partial charge is 0.303 e. The average Bonchev–Trinajstić information content (AvgIpc) is 3.03. The third kappa shape index (κ3) is 7.72. The van der Waals surface area contributed by atoms with E-state index < -0.39 is 82.9 Å². The van der Waals surface area contributed by atoms with Gasteiger partial charge in [-0.15, -0.1) is 0 Å². The number of H-pyrrole nitrogens is 1. The van der Waals surface area contributed by atoms with Gasteiger partial charge in [0.2, 0.25) is 0 Å². The number of rotatable bonds is 9. The second-order valence-electron chi connectivity index (χ2n) is 13.4. The summed E-state index contributed by atoms with van der Waals surface area (Å²) in [5, 5.41) is 11.7. The maximum Gasteiger partial charge on any atom is 0.303 e. The van der Waals surface area contributed by atoms with E-state index in [2.05, 4.69) is 4.98 Å². The first kappa shape index (κ1) is 38.1. The summed E-state index contributed by atoms with van der Waals surface area (Å²) < 4.78 is 28.8. The van der Waals surface area contributed by atoms with E-state index in [0.29, 0.717) is 11.3 Å². The average molecular weight is 743 g/mol. The number of Topliss-reactive ketones (excluding diaryl/α,β-unsaturated/α-hetero) is 1. The predicted octanol–water partition coefficient (Wildman–Crippen LogP) is 3.08. The number of nitrogens with one attached hydrogen (secondary N) is 1. The van der Waals surface area contributed by atoms with Crippen molar-refractivity contribution in [1.29, 1.82) is 0 Å². The Bertz CT molecular complexity index is 1910. The van der Waals surface area contributed by atoms with Crippen LogP contribution in [0, 0.1) is 15.5 Å². The van der Waals surface area contributed by atoms with E-state index in [1.807, 2.05) is 13.8 Å². The number of carbonyl (C=O) groups is 5. The summed E-state index contributed by atoms with van der Waals surface area (Å²) in [5.74, 6) is -4.56. The van der Waals surface area contributed by atoms with Gasteiger partial charge in [-0.25, -0.2) is 4.98 Å². The van der Waals surface area contributed by atoms with Gasteiger partial charge in [-0.3, -0.25) is 43.8 Å². The van der Waals surface area contributed by atoms with Crippen LogP contribution in [0.2, 0.25) is 0 Å². The summed E-state index contributed by atoms with van der Waals surface area (Å²) in [6, 6.07) is 5.48. The van der Waals surface area contributed by atoms with Crippen LogP contribution in [-0.2, 0) is 47.7 Å². The molecule has 1 aliphatic carbocycles. The lowest BCUT2D eigenvalue weighted by atomic mass is 9.68. The van der Waals surface area contributed by atoms with Crippen molar-refractivity contribution in [2.45, 2.75) is 96.1 Å². The van der Waals surface area contributed by atoms with Gasteiger partial charge in [-0.2, -0.15) is 0 Å². The maximum absolute atomic E-state index is 14.3. The lowest BCUT2D eigenvalue weighted by molar-refractivity contribution is -0.384. The molecule has 0 amide bonds. The normalized spacial score (nSPS) is 25.0. The number of fused-ring (bicyclic) bond motifs is 1. The second kappa shape index (κ2) is 14.9. The molecule has 1 N–H and O–H groups in total. The monoisotopic (exact) mass is 742 g/mol. The molecule has 0 radical (unpaired) electrons. The predicted molar refractivity (Wildman–Crippen MR) is 181 cm³/mol. The number of non-ortho nitro benzene ring substituents is 1. The summed E-state index contributed by atoms with van der Waals surface area (Å²) in [6.07, 6.45) is -5.47. The van der Waals surface area contributed by atoms with Crippen molar-refractivity contribution in [2.24, 2.45) is 5.41 Å². The van der Waals surface area contributed by atoms with Crippen LogP contribution >= 0.6 is 11.8 Å². The number of thioether (sulfide) groups is 1. The van der Waals surface area contributed by atoms with Crippen LogP contribution in [-0.4, -0.2) is 88.1 Å². The van der Waals surface area contributed by atoms with Crippen LogP contribution in [0.5, 0.6) is 0 Å². The van der Waals surface area contributed by atoms with E-state index in [1.165, 1.54) is 29.2 Å². The van der Waals surface area contributed by atoms with Crippen molar-refractivity contribution < 1.29 is 52.6 Å². The third-order valence-electron chi connectivity index (χ3n) is 8.76. The van der Waals surface area contributed by atoms with Gasteiger partial charge in [0, 0.05) is 63.4 Å². The van der Waals surface area contributed by atoms with E-state index in [9.17, 15) is 38.9 Å². The molecular weight excluding hydrogens is 704 g/mol. The summed E-state index contributed by atoms with van der Waals surface area (Å²) in [5.41, 5.74) is -0.579. The summed E-state index contributed by atoms with van der Waals surface area (Å²) in [6.45, 7) is 7.70. The number of anilines is 1. The number of nitro groups is 1. The Balaban J connectivity index is 1.84. The van der Waals surface area contributed by atoms with E-state index in [0.717, 1.165) is 39.5 Å². The van der Waals surface area contributed by atoms with Gasteiger partial charge in [0.1, 0.15) is 18.5 Å². The van der Waals surface area contributed by atoms with Crippen LogP contribution in [0.25, 0.3) is 0 Å². The van der Waals surface area contributed by atoms with Crippen molar-refractivity contribution in [2.75, 3.05) is 17.8 Å². The molecule has 3 heterocycles. The van der Waals surface area contributed by atoms with Gasteiger partial charge in [0.25, 0.3) is 11.2 Å². The fraction of sp³-hybridized carbons (Fsp3) is 0.500. The zero-order valence-electron chi connectivity index (χ0n) is 29.5. The number of hydrogen-bond donors (Lipinski definition) is 1. The topological polar surface area (TPSA) is 224 Å². The van der Waals surface area contributed by atoms with E-state index in [-0.39, 0.29) is 46.4 Å². The summed E-state index contributed by atoms with van der Waals surface area (Å²) in [4.78, 5) is 98.0. The highest BCUT2D eigenvalue weighted by molar-refractivity contribution is 7.98. The molecule has 52 heavy (non-hydrogen) atoms. The van der Waals surface area contributed by atoms with Gasteiger partial charge < -0.3 is 28.7 Å². The number of nitrogens with zero attached hydrogens (tertiary/aromatic N) is 3. The lowest BCUT2D eigenvalue weighted by Gasteiger charge is -2.51. The number of aromatic nitrogens is 2. The quantitative estimate of drug-likeness (QED) is 0.0973. The Morgan fingerprint density at radius 1 is 0.962 bits per heavy atom. The number of aromatic amines is 1. The molecule has 2 aliphatic heterocycles. The van der Waals surface area contributed by atoms with Crippen molar-refractivity contribution in [3.63, 3.8) is 0 Å². The number of benzene rings is 1. The summed E-state index contributed by atoms with van der Waals surface area (Å²) >= 11 is 1.11. The van der Waals surface area contributed by atoms with Gasteiger partial charge in [0.15, 0.2) is 35.5 Å². The number of ketones is 1. The van der Waals surface area contributed by atoms with Crippen LogP contribution < -0.4 is 10.5 Å². The highest BCUT2D eigenvalue weighted by Gasteiger charge is 2.57. The molecule has 1 unspecified atom stereocenters. The van der Waals surface area contributed by atoms with E-state index >= 15 is 0 Å². The van der Waals surface area contributed by atoms with E-state index in [4.69, 9.17) is 28.7 Å². The standard InChI is InChI=1S/C34H38N4O13S/c1-15(39)47-14-23-27(48-16(2)40)28(49-17(3)41)29(50-18(4)42)32(51-23)37-21-12-34(5,6)13-22(43)25(21)24(19-8-10-20(11-9-19)38(45)46)26-30(37)35-33(52-7)36-31(26)44/h8-11,23-24,27-29,32H,12-14H2,1-7H3,(H,35,36,44)/t23-,24?,27-,28+,29-,32-/m1/s1. The molecular formula is C34H38N4O13S. The first-order valence-electron chi connectivity index (χ1n) is 16.2. The van der Waals surface area contributed by atoms with Crippen LogP contribution in [0.4, 0.5) is 11.5 Å². The lowest BCUT2D eigenvalue weighted by Crippen LogP contribution is -2.67. The number of hydrogen-bond acceptors (Lipinski definition) is 16. The molecule has 2 aromatic rings. The van der Waals surface area contributed by atoms with Crippen molar-refractivity contribution in [1.82, 2.24) is 9.97 Å². The van der Waals surface area contributed by atoms with E-state index in [1.54, 1.807) is 6.26 Å². The maximum atomic E-state index is 14.3. The Hall–Kier alpha value is -5.10. The molecule has 5 rings (SSSR count). The number of allylic oxidation sites excluding steroid dienone is 2. The molecule has 18 heteroatoms. The highest BCUT2D eigenvalue weighted by atomic mass is 32.2. The molecule has 3 aliphatic rings. The third-order valence-corrected chi connectivity index (χ3v) is 9.34. The molecule has 17 nitrogen and oxygen atoms in total. The van der Waals surface area contributed by atoms with Gasteiger partial charge in [0.05, 0.1) is 10.5 Å². The van der Waals surface area contributed by atoms with Crippen LogP contribution in [0.15, 0.2) is 45.5 Å². The summed E-state index contributed by atoms with van der Waals surface area (Å²) in [7, 11) is 0. The number of carbonyl (C=O) groups excluding carboxylic acids is 5. The van der Waals surface area contributed by atoms with Gasteiger partial charge in [-0.1, -0.05) is 37.7 Å². The first-order chi connectivity index (χ1) is 24.4. The first-order valence-corrected chi connectivity index (χ1v) is 17.4. The van der Waals surface area contributed by atoms with Crippen molar-refractivity contribution >= 4 is 52.9 Å². The molecule has 1 saturated heterocycles. The number of ether oxygens (including phenoxy) is 5. The zero-order chi connectivity index (χ0) is 38.2. The van der Waals surface area contributed by atoms with Crippen molar-refractivity contribution in [3.05, 3.63) is 67.1 Å². The van der Waals surface area contributed by atoms with Gasteiger partial charge >= 0.3 is 23.9 Å². The molecule has 1 fully saturated rings. The molecule has 1 aromatic carbocycles. The molecule has 0 spiro atoms. The second-order valence-corrected chi connectivity index (χ2v) is 14.2. The Kier molecular flexibility index (Phi) is 10.9. The SMILES string of the molecule is CSc1nc2c(c(=O)[nH]1)C(c1ccc([N+](=O)[O-])cc1)C1=C(CC(C)(C)CC1=O)N2[C@@H]1O[C@H](COC(C)=O)[C@@H](OC(C)=O)[C@H](OC(C)=O)[C@H]1OC(C)=O. The largest absolute Gasteiger partial charge is 0.463 e. The van der Waals surface area contributed by atoms with Gasteiger partial charge in [-0.05, 0) is 23.7 Å². The number of nitro benzene ring substituents is 1. The highest BCUT2D eigenvalue weighted by Crippen LogP contribution is 2.52. The van der Waals surface area contributed by atoms with Crippen LogP contribution in [0.3, 0.4) is 0 Å². The molecule has 6 atom stereocenters. The minimum Gasteiger partial charge on any atom is -0.463 e. The number of esters is 4. The molecule has 278 valence electrons. The molecule has 0 bridgehead atoms. The Morgan fingerprint density at radius 3 is 2.12 bits per heavy atom. The fourth-order valence-corrected chi connectivity index (χ4v) is 7.29. The Morgan fingerprint density at radius 2 is 1.56 bits per heavy atom. The Labute approximate surface area is 301 Å². The van der Waals surface area contributed by atoms with Crippen molar-refractivity contribution in [3.8, 4) is 0 Å². The zero-order valence-corrected chi connectivity index (χ0v) is 30.3. The molecule has 1 aromatic heterocycles. The fourth-order valence-electron chi connectivity index (χ4n) is 6.92. The molecule has 0 saturated carbocycles.